The molecule has 0 unspecified atom stereocenters. The summed E-state index contributed by atoms with van der Waals surface area (Å²) in [7, 11) is 1.52. The molecule has 0 saturated carbocycles. The standard InChI is InChI=1S/C14H11BrFNO5/c1-21-9-4-2-8(3-5-9)7-22-14-11(16)6-10(15)13(18)12(14)17(19)20/h2-6,18H,7H2,1H3. The number of halogens is 2. The Kier molecular flexibility index (Phi) is 4.81. The van der Waals surface area contributed by atoms with E-state index in [9.17, 15) is 19.6 Å². The van der Waals surface area contributed by atoms with Gasteiger partial charge in [0, 0.05) is 0 Å². The lowest BCUT2D eigenvalue weighted by Gasteiger charge is -2.10. The molecule has 6 nitrogen and oxygen atoms in total. The van der Waals surface area contributed by atoms with E-state index in [0.29, 0.717) is 11.3 Å². The van der Waals surface area contributed by atoms with Crippen molar-refractivity contribution < 1.29 is 23.9 Å². The fraction of sp³-hybridized carbons (Fsp3) is 0.143. The van der Waals surface area contributed by atoms with Crippen molar-refractivity contribution in [2.24, 2.45) is 0 Å². The van der Waals surface area contributed by atoms with E-state index in [2.05, 4.69) is 15.9 Å². The number of hydrogen-bond acceptors (Lipinski definition) is 5. The third kappa shape index (κ3) is 3.28. The van der Waals surface area contributed by atoms with Gasteiger partial charge in [0.1, 0.15) is 12.4 Å². The number of hydrogen-bond donors (Lipinski definition) is 1. The number of methoxy groups -OCH3 is 1. The van der Waals surface area contributed by atoms with E-state index in [1.54, 1.807) is 24.3 Å². The fourth-order valence-electron chi connectivity index (χ4n) is 1.76. The molecule has 116 valence electrons. The Labute approximate surface area is 133 Å². The minimum atomic E-state index is -0.940. The van der Waals surface area contributed by atoms with Crippen molar-refractivity contribution in [3.63, 3.8) is 0 Å². The minimum Gasteiger partial charge on any atom is -0.501 e. The number of nitrogens with zero attached hydrogens (tertiary/aromatic N) is 1. The Hall–Kier alpha value is -2.35. The van der Waals surface area contributed by atoms with Gasteiger partial charge < -0.3 is 14.6 Å². The second kappa shape index (κ2) is 6.61. The fourth-order valence-corrected chi connectivity index (χ4v) is 2.15. The van der Waals surface area contributed by atoms with Crippen LogP contribution in [-0.4, -0.2) is 17.1 Å². The molecule has 0 radical (unpaired) electrons. The second-order valence-corrected chi connectivity index (χ2v) is 5.11. The summed E-state index contributed by atoms with van der Waals surface area (Å²) in [5, 5.41) is 20.7. The molecule has 22 heavy (non-hydrogen) atoms. The molecule has 0 saturated heterocycles. The first-order valence-corrected chi connectivity index (χ1v) is 6.84. The van der Waals surface area contributed by atoms with Gasteiger partial charge in [-0.2, -0.15) is 0 Å². The van der Waals surface area contributed by atoms with Gasteiger partial charge in [0.2, 0.25) is 11.5 Å². The van der Waals surface area contributed by atoms with E-state index in [1.165, 1.54) is 7.11 Å². The molecular formula is C14H11BrFNO5. The molecule has 1 N–H and O–H groups in total. The first kappa shape index (κ1) is 16.0. The molecular weight excluding hydrogens is 361 g/mol. The molecule has 8 heteroatoms. The summed E-state index contributed by atoms with van der Waals surface area (Å²) < 4.78 is 24.0. The van der Waals surface area contributed by atoms with Crippen molar-refractivity contribution in [3.8, 4) is 17.2 Å². The zero-order chi connectivity index (χ0) is 16.3. The van der Waals surface area contributed by atoms with Crippen LogP contribution in [0.5, 0.6) is 17.2 Å². The summed E-state index contributed by atoms with van der Waals surface area (Å²) >= 11 is 2.85. The molecule has 0 aromatic heterocycles. The van der Waals surface area contributed by atoms with E-state index in [4.69, 9.17) is 9.47 Å². The van der Waals surface area contributed by atoms with Crippen LogP contribution in [0.2, 0.25) is 0 Å². The summed E-state index contributed by atoms with van der Waals surface area (Å²) in [4.78, 5) is 10.1. The van der Waals surface area contributed by atoms with Gasteiger partial charge in [-0.25, -0.2) is 4.39 Å². The average Bonchev–Trinajstić information content (AvgIpc) is 2.49. The van der Waals surface area contributed by atoms with Crippen molar-refractivity contribution in [2.75, 3.05) is 7.11 Å². The lowest BCUT2D eigenvalue weighted by Crippen LogP contribution is -2.02. The predicted molar refractivity (Wildman–Crippen MR) is 79.7 cm³/mol. The first-order chi connectivity index (χ1) is 10.4. The van der Waals surface area contributed by atoms with Crippen molar-refractivity contribution in [1.82, 2.24) is 0 Å². The van der Waals surface area contributed by atoms with Crippen LogP contribution in [0.1, 0.15) is 5.56 Å². The van der Waals surface area contributed by atoms with Gasteiger partial charge in [-0.3, -0.25) is 10.1 Å². The zero-order valence-corrected chi connectivity index (χ0v) is 13.0. The molecule has 2 aromatic carbocycles. The third-order valence-electron chi connectivity index (χ3n) is 2.86. The van der Waals surface area contributed by atoms with Crippen LogP contribution in [0.4, 0.5) is 10.1 Å². The molecule has 0 aliphatic carbocycles. The number of phenolic OH excluding ortho intramolecular Hbond substituents is 1. The van der Waals surface area contributed by atoms with Crippen LogP contribution in [-0.2, 0) is 6.61 Å². The molecule has 2 rings (SSSR count). The topological polar surface area (TPSA) is 81.8 Å². The average molecular weight is 372 g/mol. The van der Waals surface area contributed by atoms with Crippen LogP contribution in [0.3, 0.4) is 0 Å². The quantitative estimate of drug-likeness (QED) is 0.638. The summed E-state index contributed by atoms with van der Waals surface area (Å²) in [6.07, 6.45) is 0. The molecule has 2 aromatic rings. The van der Waals surface area contributed by atoms with E-state index in [1.807, 2.05) is 0 Å². The number of aromatic hydroxyl groups is 1. The Bertz CT molecular complexity index is 705. The maximum Gasteiger partial charge on any atom is 0.356 e. The minimum absolute atomic E-state index is 0.0944. The van der Waals surface area contributed by atoms with Crippen LogP contribution < -0.4 is 9.47 Å². The molecule has 0 atom stereocenters. The van der Waals surface area contributed by atoms with Gasteiger partial charge in [0.15, 0.2) is 5.82 Å². The number of nitro groups is 1. The second-order valence-electron chi connectivity index (χ2n) is 4.26. The van der Waals surface area contributed by atoms with Crippen LogP contribution in [0, 0.1) is 15.9 Å². The normalized spacial score (nSPS) is 10.3. The molecule has 0 aliphatic rings. The Morgan fingerprint density at radius 2 is 2.00 bits per heavy atom. The van der Waals surface area contributed by atoms with Crippen molar-refractivity contribution in [2.45, 2.75) is 6.61 Å². The Morgan fingerprint density at radius 1 is 1.36 bits per heavy atom. The first-order valence-electron chi connectivity index (χ1n) is 6.05. The maximum absolute atomic E-state index is 13.9. The molecule has 0 spiro atoms. The highest BCUT2D eigenvalue weighted by molar-refractivity contribution is 9.10. The van der Waals surface area contributed by atoms with E-state index in [0.717, 1.165) is 6.07 Å². The van der Waals surface area contributed by atoms with Crippen LogP contribution in [0.15, 0.2) is 34.8 Å². The van der Waals surface area contributed by atoms with Gasteiger partial charge in [0.05, 0.1) is 16.5 Å². The monoisotopic (exact) mass is 371 g/mol. The van der Waals surface area contributed by atoms with Crippen LogP contribution >= 0.6 is 15.9 Å². The Morgan fingerprint density at radius 3 is 2.55 bits per heavy atom. The number of nitro benzene ring substituents is 1. The largest absolute Gasteiger partial charge is 0.501 e. The number of benzene rings is 2. The SMILES string of the molecule is COc1ccc(COc2c(F)cc(Br)c(O)c2[N+](=O)[O-])cc1. The Balaban J connectivity index is 2.28. The van der Waals surface area contributed by atoms with Gasteiger partial charge in [0.25, 0.3) is 0 Å². The summed E-state index contributed by atoms with van der Waals surface area (Å²) in [6, 6.07) is 7.64. The lowest BCUT2D eigenvalue weighted by atomic mass is 10.2. The molecule has 0 aliphatic heterocycles. The maximum atomic E-state index is 13.9. The molecule has 0 fully saturated rings. The highest BCUT2D eigenvalue weighted by Crippen LogP contribution is 2.43. The molecule has 0 heterocycles. The van der Waals surface area contributed by atoms with E-state index >= 15 is 0 Å². The lowest BCUT2D eigenvalue weighted by molar-refractivity contribution is -0.387. The van der Waals surface area contributed by atoms with Crippen LogP contribution in [0.25, 0.3) is 0 Å². The van der Waals surface area contributed by atoms with Gasteiger partial charge in [-0.05, 0) is 39.7 Å². The van der Waals surface area contributed by atoms with Crippen molar-refractivity contribution >= 4 is 21.6 Å². The van der Waals surface area contributed by atoms with Gasteiger partial charge in [-0.1, -0.05) is 12.1 Å². The zero-order valence-electron chi connectivity index (χ0n) is 11.4. The highest BCUT2D eigenvalue weighted by atomic mass is 79.9. The summed E-state index contributed by atoms with van der Waals surface area (Å²) in [5.74, 6) is -1.59. The van der Waals surface area contributed by atoms with E-state index in [-0.39, 0.29) is 11.1 Å². The van der Waals surface area contributed by atoms with E-state index < -0.39 is 27.9 Å². The molecule has 0 bridgehead atoms. The summed E-state index contributed by atoms with van der Waals surface area (Å²) in [5.41, 5.74) is -0.155. The number of phenols is 1. The van der Waals surface area contributed by atoms with Crippen molar-refractivity contribution in [3.05, 3.63) is 56.3 Å². The summed E-state index contributed by atoms with van der Waals surface area (Å²) in [6.45, 7) is -0.0944. The third-order valence-corrected chi connectivity index (χ3v) is 3.47. The smallest absolute Gasteiger partial charge is 0.356 e. The number of rotatable bonds is 5. The van der Waals surface area contributed by atoms with Gasteiger partial charge in [-0.15, -0.1) is 0 Å². The molecule has 0 amide bonds. The number of ether oxygens (including phenoxy) is 2. The predicted octanol–water partition coefficient (Wildman–Crippen LogP) is 3.79. The highest BCUT2D eigenvalue weighted by Gasteiger charge is 2.28. The van der Waals surface area contributed by atoms with Gasteiger partial charge >= 0.3 is 5.69 Å². The van der Waals surface area contributed by atoms with Crippen molar-refractivity contribution in [1.29, 1.82) is 0 Å².